The van der Waals surface area contributed by atoms with Crippen LogP contribution in [0.15, 0.2) is 10.9 Å². The number of H-pyrrole nitrogens is 1. The van der Waals surface area contributed by atoms with E-state index in [-0.39, 0.29) is 23.6 Å². The third kappa shape index (κ3) is 5.54. The number of nitrogens with zero attached hydrogens (tertiary/aromatic N) is 4. The lowest BCUT2D eigenvalue weighted by Crippen LogP contribution is -2.59. The molecule has 0 aromatic carbocycles. The Morgan fingerprint density at radius 1 is 1.32 bits per heavy atom. The van der Waals surface area contributed by atoms with E-state index in [1.165, 1.54) is 11.3 Å². The van der Waals surface area contributed by atoms with E-state index in [1.807, 2.05) is 39.5 Å². The number of rotatable bonds is 3. The van der Waals surface area contributed by atoms with Gasteiger partial charge in [-0.15, -0.1) is 11.3 Å². The van der Waals surface area contributed by atoms with Gasteiger partial charge >= 0.3 is 11.8 Å². The maximum Gasteiger partial charge on any atom is 0.410 e. The van der Waals surface area contributed by atoms with Crippen molar-refractivity contribution in [1.29, 1.82) is 10.7 Å². The summed E-state index contributed by atoms with van der Waals surface area (Å²) in [6, 6.07) is 3.23. The predicted octanol–water partition coefficient (Wildman–Crippen LogP) is 2.86. The van der Waals surface area contributed by atoms with E-state index >= 15 is 0 Å². The van der Waals surface area contributed by atoms with Gasteiger partial charge in [-0.05, 0) is 60.8 Å². The van der Waals surface area contributed by atoms with E-state index in [0.29, 0.717) is 41.5 Å². The number of hydrogen-bond donors (Lipinski definition) is 4. The summed E-state index contributed by atoms with van der Waals surface area (Å²) >= 11 is 1.33. The van der Waals surface area contributed by atoms with Gasteiger partial charge in [0.25, 0.3) is 0 Å². The molecule has 1 aliphatic heterocycles. The highest BCUT2D eigenvalue weighted by Gasteiger charge is 2.43. The molecule has 1 fully saturated rings. The second-order valence-electron chi connectivity index (χ2n) is 11.7. The molecule has 214 valence electrons. The first kappa shape index (κ1) is 29.1. The summed E-state index contributed by atoms with van der Waals surface area (Å²) in [7, 11) is 0. The number of carbonyl (C=O) groups excluding carboxylic acids is 2. The summed E-state index contributed by atoms with van der Waals surface area (Å²) in [5.41, 5.74) is 4.78. The van der Waals surface area contributed by atoms with Crippen molar-refractivity contribution in [2.24, 2.45) is 0 Å². The average molecular weight is 569 g/mol. The van der Waals surface area contributed by atoms with E-state index < -0.39 is 28.7 Å². The first-order chi connectivity index (χ1) is 18.6. The fourth-order valence-electron chi connectivity index (χ4n) is 5.57. The highest BCUT2D eigenvalue weighted by molar-refractivity contribution is 7.16. The van der Waals surface area contributed by atoms with Crippen LogP contribution in [0.2, 0.25) is 0 Å². The zero-order valence-electron chi connectivity index (χ0n) is 23.7. The minimum atomic E-state index is -1.04. The molecule has 3 atom stereocenters. The van der Waals surface area contributed by atoms with E-state index in [9.17, 15) is 19.6 Å². The zero-order chi connectivity index (χ0) is 29.6. The maximum absolute atomic E-state index is 13.5. The Morgan fingerprint density at radius 3 is 2.58 bits per heavy atom. The Labute approximate surface area is 237 Å². The van der Waals surface area contributed by atoms with Gasteiger partial charge in [-0.3, -0.25) is 15.1 Å². The highest BCUT2D eigenvalue weighted by atomic mass is 32.1. The van der Waals surface area contributed by atoms with Crippen molar-refractivity contribution in [3.05, 3.63) is 38.2 Å². The van der Waals surface area contributed by atoms with Crippen LogP contribution in [0.1, 0.15) is 76.1 Å². The number of amides is 2. The maximum atomic E-state index is 13.5. The Balaban J connectivity index is 1.54. The molecule has 0 bridgehead atoms. The fourth-order valence-corrected chi connectivity index (χ4v) is 6.76. The molecule has 40 heavy (non-hydrogen) atoms. The van der Waals surface area contributed by atoms with Crippen LogP contribution < -0.4 is 21.6 Å². The molecule has 4 rings (SSSR count). The zero-order valence-corrected chi connectivity index (χ0v) is 24.5. The number of fused-ring (bicyclic) bond motifs is 1. The van der Waals surface area contributed by atoms with Gasteiger partial charge in [-0.25, -0.2) is 9.59 Å². The normalized spacial score (nSPS) is 22.7. The number of piperazine rings is 1. The molecule has 0 radical (unpaired) electrons. The van der Waals surface area contributed by atoms with Gasteiger partial charge in [-0.1, -0.05) is 0 Å². The van der Waals surface area contributed by atoms with Crippen LogP contribution in [-0.4, -0.2) is 63.5 Å². The second-order valence-corrected chi connectivity index (χ2v) is 12.9. The van der Waals surface area contributed by atoms with Crippen molar-refractivity contribution in [3.8, 4) is 6.07 Å². The minimum absolute atomic E-state index is 0.100. The lowest BCUT2D eigenvalue weighted by atomic mass is 9.72. The smallest absolute Gasteiger partial charge is 0.410 e. The molecular weight excluding hydrogens is 532 g/mol. The van der Waals surface area contributed by atoms with Gasteiger partial charge in [0.1, 0.15) is 28.3 Å². The minimum Gasteiger partial charge on any atom is -0.444 e. The molecule has 2 aromatic heterocycles. The number of thiophene rings is 1. The third-order valence-corrected chi connectivity index (χ3v) is 8.42. The second kappa shape index (κ2) is 10.6. The van der Waals surface area contributed by atoms with Crippen molar-refractivity contribution in [2.75, 3.05) is 23.7 Å². The molecular formula is C27H36N8O4S. The average Bonchev–Trinajstić information content (AvgIpc) is 3.18. The van der Waals surface area contributed by atoms with Crippen molar-refractivity contribution in [3.63, 3.8) is 0 Å². The van der Waals surface area contributed by atoms with Gasteiger partial charge in [-0.2, -0.15) is 10.2 Å². The Bertz CT molecular complexity index is 1440. The fraction of sp³-hybridized carbons (Fsp3) is 0.556. The van der Waals surface area contributed by atoms with Crippen molar-refractivity contribution >= 4 is 40.0 Å². The molecule has 5 N–H and O–H groups in total. The Hall–Kier alpha value is -3.92. The van der Waals surface area contributed by atoms with Crippen molar-refractivity contribution < 1.29 is 14.3 Å². The number of aromatic amines is 1. The van der Waals surface area contributed by atoms with Gasteiger partial charge in [0, 0.05) is 29.6 Å². The molecule has 12 nitrogen and oxygen atoms in total. The number of nitrogens with one attached hydrogen (secondary N) is 3. The number of aromatic nitrogens is 2. The number of ether oxygens (including phenoxy) is 1. The standard InChI is InChI=1S/C27H36N8O4S/c1-14-12-34(13-15(2)35(14)25(38)39-26(3,4)5)19-10-17(31-24(37)32-19)21(29)33-23(36)27(6)9-7-8-18-20(27)16(11-28)22(30)40-18/h10,14-15H,7-9,12-13,30H2,1-6H3,(H2,29,33,36)(H,31,32,37)/t14-,15-,27-/m0/s1. The largest absolute Gasteiger partial charge is 0.444 e. The molecule has 3 heterocycles. The summed E-state index contributed by atoms with van der Waals surface area (Å²) < 4.78 is 5.57. The molecule has 0 unspecified atom stereocenters. The Morgan fingerprint density at radius 2 is 1.98 bits per heavy atom. The molecule has 2 amide bonds. The van der Waals surface area contributed by atoms with Gasteiger partial charge in [0.2, 0.25) is 5.91 Å². The predicted molar refractivity (Wildman–Crippen MR) is 153 cm³/mol. The molecule has 0 spiro atoms. The van der Waals surface area contributed by atoms with Gasteiger partial charge < -0.3 is 25.7 Å². The number of nitriles is 1. The molecule has 1 saturated heterocycles. The third-order valence-electron chi connectivity index (χ3n) is 7.34. The molecule has 2 aromatic rings. The molecule has 2 aliphatic rings. The summed E-state index contributed by atoms with van der Waals surface area (Å²) in [5.74, 6) is -0.390. The lowest BCUT2D eigenvalue weighted by molar-refractivity contribution is -0.125. The van der Waals surface area contributed by atoms with E-state index in [0.717, 1.165) is 17.7 Å². The summed E-state index contributed by atoms with van der Waals surface area (Å²) in [6.45, 7) is 11.8. The Kier molecular flexibility index (Phi) is 7.68. The van der Waals surface area contributed by atoms with Gasteiger partial charge in [0.05, 0.1) is 28.8 Å². The summed E-state index contributed by atoms with van der Waals surface area (Å²) in [6.07, 6.45) is 1.59. The first-order valence-corrected chi connectivity index (χ1v) is 14.1. The number of carbonyl (C=O) groups is 2. The van der Waals surface area contributed by atoms with Crippen LogP contribution in [0, 0.1) is 16.7 Å². The van der Waals surface area contributed by atoms with E-state index in [4.69, 9.17) is 15.9 Å². The molecule has 13 heteroatoms. The summed E-state index contributed by atoms with van der Waals surface area (Å²) in [5, 5.41) is 21.3. The SMILES string of the molecule is C[C@H]1CN(c2cc(C(=N)NC(=O)[C@@]3(C)CCCc4sc(N)c(C#N)c43)[nH]c(=O)n2)C[C@H](C)N1C(=O)OC(C)(C)C. The van der Waals surface area contributed by atoms with Crippen LogP contribution in [-0.2, 0) is 21.4 Å². The van der Waals surface area contributed by atoms with Crippen molar-refractivity contribution in [1.82, 2.24) is 20.2 Å². The summed E-state index contributed by atoms with van der Waals surface area (Å²) in [4.78, 5) is 49.9. The number of nitrogen functional groups attached to an aromatic ring is 1. The number of aryl methyl sites for hydroxylation is 1. The number of hydrogen-bond acceptors (Lipinski definition) is 10. The van der Waals surface area contributed by atoms with E-state index in [2.05, 4.69) is 21.4 Å². The van der Waals surface area contributed by atoms with Crippen LogP contribution in [0.5, 0.6) is 0 Å². The monoisotopic (exact) mass is 568 g/mol. The van der Waals surface area contributed by atoms with Crippen LogP contribution in [0.25, 0.3) is 0 Å². The molecule has 0 saturated carbocycles. The first-order valence-electron chi connectivity index (χ1n) is 13.2. The van der Waals surface area contributed by atoms with Crippen LogP contribution in [0.3, 0.4) is 0 Å². The highest BCUT2D eigenvalue weighted by Crippen LogP contribution is 2.45. The lowest BCUT2D eigenvalue weighted by Gasteiger charge is -2.44. The number of anilines is 2. The quantitative estimate of drug-likeness (QED) is 0.322. The van der Waals surface area contributed by atoms with Crippen LogP contribution in [0.4, 0.5) is 15.6 Å². The van der Waals surface area contributed by atoms with Crippen LogP contribution >= 0.6 is 11.3 Å². The van der Waals surface area contributed by atoms with Crippen molar-refractivity contribution in [2.45, 2.75) is 83.9 Å². The van der Waals surface area contributed by atoms with Gasteiger partial charge in [0.15, 0.2) is 0 Å². The number of amidine groups is 1. The number of nitrogens with two attached hydrogens (primary N) is 1. The van der Waals surface area contributed by atoms with E-state index in [1.54, 1.807) is 17.9 Å². The topological polar surface area (TPSA) is 181 Å². The molecule has 1 aliphatic carbocycles.